The first-order valence-corrected chi connectivity index (χ1v) is 8.53. The van der Waals surface area contributed by atoms with Gasteiger partial charge in [0.25, 0.3) is 5.91 Å². The third kappa shape index (κ3) is 3.11. The highest BCUT2D eigenvalue weighted by Gasteiger charge is 2.24. The highest BCUT2D eigenvalue weighted by atomic mass is 16.6. The Morgan fingerprint density at radius 3 is 2.61 bits per heavy atom. The third-order valence-corrected chi connectivity index (χ3v) is 4.67. The molecule has 0 saturated carbocycles. The molecule has 8 nitrogen and oxygen atoms in total. The van der Waals surface area contributed by atoms with Crippen molar-refractivity contribution in [2.24, 2.45) is 5.73 Å². The van der Waals surface area contributed by atoms with Crippen LogP contribution in [0.3, 0.4) is 0 Å². The van der Waals surface area contributed by atoms with Gasteiger partial charge in [0, 0.05) is 11.6 Å². The second kappa shape index (κ2) is 6.99. The number of benzene rings is 2. The fourth-order valence-electron chi connectivity index (χ4n) is 3.34. The van der Waals surface area contributed by atoms with Crippen LogP contribution in [0.25, 0.3) is 10.9 Å². The number of carboxylic acid groups (broad SMARTS) is 1. The Kier molecular flexibility index (Phi) is 4.36. The van der Waals surface area contributed by atoms with E-state index in [1.807, 2.05) is 30.3 Å². The summed E-state index contributed by atoms with van der Waals surface area (Å²) in [5.74, 6) is -1.65. The van der Waals surface area contributed by atoms with Gasteiger partial charge in [-0.1, -0.05) is 46.7 Å². The van der Waals surface area contributed by atoms with Gasteiger partial charge in [0.15, 0.2) is 0 Å². The van der Waals surface area contributed by atoms with E-state index in [-0.39, 0.29) is 11.6 Å². The zero-order valence-corrected chi connectivity index (χ0v) is 14.6. The SMILES string of the molecule is NC(=O)c1cn(C(Cc2ccccc2)c2cnon2)c2cc(C(=O)O)ccc12. The predicted molar refractivity (Wildman–Crippen MR) is 100.0 cm³/mol. The molecule has 8 heteroatoms. The molecule has 0 aliphatic rings. The maximum Gasteiger partial charge on any atom is 0.335 e. The minimum absolute atomic E-state index is 0.111. The van der Waals surface area contributed by atoms with Gasteiger partial charge >= 0.3 is 5.97 Å². The van der Waals surface area contributed by atoms with Crippen LogP contribution in [0.4, 0.5) is 0 Å². The molecule has 2 heterocycles. The molecule has 2 aromatic heterocycles. The topological polar surface area (TPSA) is 124 Å². The molecule has 0 fully saturated rings. The zero-order valence-electron chi connectivity index (χ0n) is 14.6. The van der Waals surface area contributed by atoms with E-state index in [4.69, 9.17) is 10.4 Å². The number of aromatic nitrogens is 3. The standard InChI is InChI=1S/C20H16N4O4/c21-19(25)15-11-24(17-9-13(20(26)27)6-7-14(15)17)18(16-10-22-28-23-16)8-12-4-2-1-3-5-12/h1-7,9-11,18H,8H2,(H2,21,25)(H,26,27). The summed E-state index contributed by atoms with van der Waals surface area (Å²) in [6, 6.07) is 13.9. The molecule has 0 radical (unpaired) electrons. The Hall–Kier alpha value is -3.94. The van der Waals surface area contributed by atoms with Crippen molar-refractivity contribution >= 4 is 22.8 Å². The highest BCUT2D eigenvalue weighted by Crippen LogP contribution is 2.30. The van der Waals surface area contributed by atoms with Gasteiger partial charge in [-0.3, -0.25) is 4.79 Å². The van der Waals surface area contributed by atoms with Gasteiger partial charge in [0.1, 0.15) is 5.69 Å². The van der Waals surface area contributed by atoms with E-state index in [1.54, 1.807) is 16.8 Å². The summed E-state index contributed by atoms with van der Waals surface area (Å²) in [7, 11) is 0. The number of carbonyl (C=O) groups is 2. The van der Waals surface area contributed by atoms with E-state index in [0.29, 0.717) is 28.6 Å². The number of hydrogen-bond acceptors (Lipinski definition) is 5. The summed E-state index contributed by atoms with van der Waals surface area (Å²) in [6.45, 7) is 0. The lowest BCUT2D eigenvalue weighted by Crippen LogP contribution is -2.14. The lowest BCUT2D eigenvalue weighted by Gasteiger charge is -2.18. The van der Waals surface area contributed by atoms with Crippen LogP contribution in [0.15, 0.2) is 65.6 Å². The second-order valence-corrected chi connectivity index (χ2v) is 6.39. The molecule has 0 spiro atoms. The normalized spacial score (nSPS) is 12.1. The number of amides is 1. The van der Waals surface area contributed by atoms with Gasteiger partial charge in [-0.2, -0.15) is 0 Å². The molecule has 0 bridgehead atoms. The highest BCUT2D eigenvalue weighted by molar-refractivity contribution is 6.07. The molecule has 3 N–H and O–H groups in total. The Labute approximate surface area is 159 Å². The molecule has 4 aromatic rings. The largest absolute Gasteiger partial charge is 0.478 e. The van der Waals surface area contributed by atoms with Crippen molar-refractivity contribution in [3.8, 4) is 0 Å². The average Bonchev–Trinajstić information content (AvgIpc) is 3.35. The van der Waals surface area contributed by atoms with Crippen LogP contribution >= 0.6 is 0 Å². The van der Waals surface area contributed by atoms with Crippen LogP contribution in [0.1, 0.15) is 38.0 Å². The number of rotatable bonds is 6. The van der Waals surface area contributed by atoms with E-state index in [1.165, 1.54) is 18.3 Å². The van der Waals surface area contributed by atoms with Crippen LogP contribution in [-0.2, 0) is 6.42 Å². The Morgan fingerprint density at radius 2 is 1.96 bits per heavy atom. The van der Waals surface area contributed by atoms with E-state index in [2.05, 4.69) is 10.3 Å². The molecule has 0 aliphatic heterocycles. The van der Waals surface area contributed by atoms with Crippen LogP contribution in [0.2, 0.25) is 0 Å². The van der Waals surface area contributed by atoms with Crippen molar-refractivity contribution in [2.45, 2.75) is 12.5 Å². The monoisotopic (exact) mass is 376 g/mol. The number of hydrogen-bond donors (Lipinski definition) is 2. The molecule has 140 valence electrons. The van der Waals surface area contributed by atoms with Crippen molar-refractivity contribution in [2.75, 3.05) is 0 Å². The van der Waals surface area contributed by atoms with Gasteiger partial charge in [-0.15, -0.1) is 0 Å². The van der Waals surface area contributed by atoms with Crippen molar-refractivity contribution in [1.29, 1.82) is 0 Å². The average molecular weight is 376 g/mol. The van der Waals surface area contributed by atoms with Crippen molar-refractivity contribution in [3.63, 3.8) is 0 Å². The fraction of sp³-hybridized carbons (Fsp3) is 0.100. The lowest BCUT2D eigenvalue weighted by atomic mass is 10.0. The Bertz CT molecular complexity index is 1150. The minimum Gasteiger partial charge on any atom is -0.478 e. The zero-order chi connectivity index (χ0) is 19.7. The molecule has 0 aliphatic carbocycles. The first kappa shape index (κ1) is 17.5. The molecule has 28 heavy (non-hydrogen) atoms. The van der Waals surface area contributed by atoms with Crippen LogP contribution in [0, 0.1) is 0 Å². The number of aromatic carboxylic acids is 1. The molecule has 1 amide bonds. The summed E-state index contributed by atoms with van der Waals surface area (Å²) in [6.07, 6.45) is 3.67. The van der Waals surface area contributed by atoms with Crippen molar-refractivity contribution in [3.05, 3.63) is 83.3 Å². The van der Waals surface area contributed by atoms with Crippen molar-refractivity contribution in [1.82, 2.24) is 14.9 Å². The maximum absolute atomic E-state index is 12.0. The summed E-state index contributed by atoms with van der Waals surface area (Å²) in [4.78, 5) is 23.4. The first-order chi connectivity index (χ1) is 13.5. The number of fused-ring (bicyclic) bond motifs is 1. The minimum atomic E-state index is -1.06. The predicted octanol–water partition coefficient (Wildman–Crippen LogP) is 2.65. The summed E-state index contributed by atoms with van der Waals surface area (Å²) in [5, 5.41) is 17.6. The number of carbonyl (C=O) groups excluding carboxylic acids is 1. The molecule has 1 atom stereocenters. The first-order valence-electron chi connectivity index (χ1n) is 8.53. The van der Waals surface area contributed by atoms with Gasteiger partial charge in [0.2, 0.25) is 0 Å². The van der Waals surface area contributed by atoms with E-state index in [9.17, 15) is 14.7 Å². The van der Waals surface area contributed by atoms with Crippen LogP contribution in [-0.4, -0.2) is 31.9 Å². The molecule has 2 aromatic carbocycles. The summed E-state index contributed by atoms with van der Waals surface area (Å²) >= 11 is 0. The smallest absolute Gasteiger partial charge is 0.335 e. The summed E-state index contributed by atoms with van der Waals surface area (Å²) < 4.78 is 6.58. The van der Waals surface area contributed by atoms with Crippen molar-refractivity contribution < 1.29 is 19.3 Å². The number of nitrogens with zero attached hydrogens (tertiary/aromatic N) is 3. The van der Waals surface area contributed by atoms with Gasteiger partial charge < -0.3 is 15.4 Å². The van der Waals surface area contributed by atoms with E-state index < -0.39 is 11.9 Å². The molecule has 0 saturated heterocycles. The number of carboxylic acids is 1. The molecule has 4 rings (SSSR count). The lowest BCUT2D eigenvalue weighted by molar-refractivity contribution is 0.0696. The third-order valence-electron chi connectivity index (χ3n) is 4.67. The van der Waals surface area contributed by atoms with Crippen LogP contribution < -0.4 is 5.73 Å². The van der Waals surface area contributed by atoms with Gasteiger partial charge in [0.05, 0.1) is 28.9 Å². The Morgan fingerprint density at radius 1 is 1.18 bits per heavy atom. The maximum atomic E-state index is 12.0. The number of primary amides is 1. The molecular weight excluding hydrogens is 360 g/mol. The number of nitrogens with two attached hydrogens (primary N) is 1. The van der Waals surface area contributed by atoms with E-state index >= 15 is 0 Å². The molecule has 1 unspecified atom stereocenters. The summed E-state index contributed by atoms with van der Waals surface area (Å²) in [5.41, 5.74) is 8.12. The van der Waals surface area contributed by atoms with E-state index in [0.717, 1.165) is 5.56 Å². The van der Waals surface area contributed by atoms with Gasteiger partial charge in [-0.25, -0.2) is 9.42 Å². The van der Waals surface area contributed by atoms with Gasteiger partial charge in [-0.05, 0) is 24.1 Å². The fourth-order valence-corrected chi connectivity index (χ4v) is 3.34. The quantitative estimate of drug-likeness (QED) is 0.533. The second-order valence-electron chi connectivity index (χ2n) is 6.39. The Balaban J connectivity index is 1.93. The molecular formula is C20H16N4O4. The van der Waals surface area contributed by atoms with Crippen LogP contribution in [0.5, 0.6) is 0 Å².